The van der Waals surface area contributed by atoms with Gasteiger partial charge in [-0.25, -0.2) is 0 Å². The van der Waals surface area contributed by atoms with Crippen molar-refractivity contribution in [3.8, 4) is 17.2 Å². The lowest BCUT2D eigenvalue weighted by Gasteiger charge is -2.27. The molecule has 2 atom stereocenters. The lowest BCUT2D eigenvalue weighted by molar-refractivity contribution is 0.174. The van der Waals surface area contributed by atoms with E-state index in [1.165, 1.54) is 0 Å². The van der Waals surface area contributed by atoms with E-state index in [-0.39, 0.29) is 18.9 Å². The van der Waals surface area contributed by atoms with E-state index in [0.717, 1.165) is 34.1 Å². The van der Waals surface area contributed by atoms with Crippen molar-refractivity contribution in [2.24, 2.45) is 0 Å². The fourth-order valence-electron chi connectivity index (χ4n) is 4.36. The maximum absolute atomic E-state index is 5.81. The molecule has 4 aromatic rings. The quantitative estimate of drug-likeness (QED) is 0.461. The van der Waals surface area contributed by atoms with Crippen LogP contribution in [0.3, 0.4) is 0 Å². The van der Waals surface area contributed by atoms with Crippen LogP contribution in [0.25, 0.3) is 5.69 Å². The van der Waals surface area contributed by atoms with Crippen LogP contribution in [-0.4, -0.2) is 21.5 Å². The summed E-state index contributed by atoms with van der Waals surface area (Å²) in [6, 6.07) is 24.1. The summed E-state index contributed by atoms with van der Waals surface area (Å²) in [6.45, 7) is 0.237. The molecular weight excluding hydrogens is 420 g/mol. The molecule has 0 bridgehead atoms. The largest absolute Gasteiger partial charge is 0.454 e. The van der Waals surface area contributed by atoms with Gasteiger partial charge in [0.2, 0.25) is 6.79 Å². The predicted octanol–water partition coefficient (Wildman–Crippen LogP) is 4.78. The predicted molar refractivity (Wildman–Crippen MR) is 126 cm³/mol. The second-order valence-electron chi connectivity index (χ2n) is 7.72. The molecule has 0 saturated carbocycles. The van der Waals surface area contributed by atoms with Crippen LogP contribution in [0.2, 0.25) is 0 Å². The van der Waals surface area contributed by atoms with Crippen LogP contribution in [0.1, 0.15) is 23.3 Å². The average molecular weight is 441 g/mol. The first kappa shape index (κ1) is 18.9. The summed E-state index contributed by atoms with van der Waals surface area (Å²) < 4.78 is 13.2. The summed E-state index contributed by atoms with van der Waals surface area (Å²) in [6.07, 6.45) is 6.06. The van der Waals surface area contributed by atoms with E-state index in [2.05, 4.69) is 50.4 Å². The third-order valence-corrected chi connectivity index (χ3v) is 6.16. The van der Waals surface area contributed by atoms with Gasteiger partial charge >= 0.3 is 0 Å². The average Bonchev–Trinajstić information content (AvgIpc) is 3.58. The second kappa shape index (κ2) is 7.69. The molecule has 7 heteroatoms. The Balaban J connectivity index is 1.45. The molecule has 0 aliphatic carbocycles. The Hall–Kier alpha value is -3.84. The molecule has 2 aromatic heterocycles. The van der Waals surface area contributed by atoms with Crippen LogP contribution in [0.5, 0.6) is 11.5 Å². The number of pyridine rings is 1. The number of para-hydroxylation sites is 1. The smallest absolute Gasteiger partial charge is 0.231 e. The fourth-order valence-corrected chi connectivity index (χ4v) is 4.70. The molecule has 2 aliphatic rings. The van der Waals surface area contributed by atoms with E-state index in [9.17, 15) is 0 Å². The molecule has 4 heterocycles. The number of nitrogens with one attached hydrogen (secondary N) is 1. The highest BCUT2D eigenvalue weighted by Gasteiger charge is 2.41. The zero-order valence-corrected chi connectivity index (χ0v) is 17.9. The van der Waals surface area contributed by atoms with Gasteiger partial charge in [0.25, 0.3) is 0 Å². The fraction of sp³-hybridized carbons (Fsp3) is 0.120. The first-order valence-electron chi connectivity index (χ1n) is 10.4. The van der Waals surface area contributed by atoms with Crippen molar-refractivity contribution in [1.82, 2.24) is 14.9 Å². The maximum atomic E-state index is 5.81. The summed E-state index contributed by atoms with van der Waals surface area (Å²) in [5.41, 5.74) is 4.13. The normalized spacial score (nSPS) is 19.2. The van der Waals surface area contributed by atoms with Crippen molar-refractivity contribution in [1.29, 1.82) is 0 Å². The maximum Gasteiger partial charge on any atom is 0.231 e. The minimum absolute atomic E-state index is 0.0808. The lowest BCUT2D eigenvalue weighted by Crippen LogP contribution is -2.29. The summed E-state index contributed by atoms with van der Waals surface area (Å²) >= 11 is 5.81. The number of aromatic nitrogens is 2. The third-order valence-electron chi connectivity index (χ3n) is 5.84. The Labute approximate surface area is 191 Å². The highest BCUT2D eigenvalue weighted by Crippen LogP contribution is 2.44. The summed E-state index contributed by atoms with van der Waals surface area (Å²) in [5.74, 6) is 1.48. The molecule has 1 saturated heterocycles. The number of hydrogen-bond acceptors (Lipinski definition) is 4. The van der Waals surface area contributed by atoms with Crippen LogP contribution >= 0.6 is 12.2 Å². The zero-order chi connectivity index (χ0) is 21.5. The number of thiocarbonyl (C=S) groups is 1. The highest BCUT2D eigenvalue weighted by atomic mass is 32.1. The molecule has 2 aromatic carbocycles. The van der Waals surface area contributed by atoms with E-state index in [1.807, 2.05) is 60.8 Å². The van der Waals surface area contributed by atoms with Gasteiger partial charge in [-0.3, -0.25) is 4.98 Å². The molecule has 0 radical (unpaired) electrons. The Morgan fingerprint density at radius 3 is 2.59 bits per heavy atom. The number of rotatable bonds is 4. The van der Waals surface area contributed by atoms with Crippen LogP contribution < -0.4 is 19.7 Å². The molecule has 0 amide bonds. The second-order valence-corrected chi connectivity index (χ2v) is 8.11. The number of hydrogen-bond donors (Lipinski definition) is 1. The van der Waals surface area contributed by atoms with Crippen molar-refractivity contribution in [3.63, 3.8) is 0 Å². The number of fused-ring (bicyclic) bond motifs is 1. The summed E-state index contributed by atoms with van der Waals surface area (Å²) in [5, 5.41) is 4.15. The van der Waals surface area contributed by atoms with Crippen LogP contribution in [0, 0.1) is 0 Å². The van der Waals surface area contributed by atoms with Crippen molar-refractivity contribution in [2.75, 3.05) is 11.7 Å². The highest BCUT2D eigenvalue weighted by molar-refractivity contribution is 7.80. The van der Waals surface area contributed by atoms with Gasteiger partial charge in [-0.05, 0) is 60.2 Å². The first-order chi connectivity index (χ1) is 15.8. The van der Waals surface area contributed by atoms with Gasteiger partial charge in [0.15, 0.2) is 16.6 Å². The molecule has 32 heavy (non-hydrogen) atoms. The summed E-state index contributed by atoms with van der Waals surface area (Å²) in [7, 11) is 0. The van der Waals surface area contributed by atoms with E-state index in [1.54, 1.807) is 0 Å². The topological polar surface area (TPSA) is 51.6 Å². The van der Waals surface area contributed by atoms with E-state index >= 15 is 0 Å². The molecule has 1 N–H and O–H groups in total. The molecule has 158 valence electrons. The van der Waals surface area contributed by atoms with E-state index < -0.39 is 0 Å². The van der Waals surface area contributed by atoms with Gasteiger partial charge in [0.1, 0.15) is 0 Å². The number of nitrogens with zero attached hydrogens (tertiary/aromatic N) is 3. The molecule has 1 fully saturated rings. The monoisotopic (exact) mass is 440 g/mol. The van der Waals surface area contributed by atoms with Gasteiger partial charge in [-0.15, -0.1) is 0 Å². The zero-order valence-electron chi connectivity index (χ0n) is 17.1. The first-order valence-corrected chi connectivity index (χ1v) is 10.8. The van der Waals surface area contributed by atoms with Gasteiger partial charge < -0.3 is 24.3 Å². The molecule has 2 aliphatic heterocycles. The number of ether oxygens (including phenoxy) is 2. The van der Waals surface area contributed by atoms with Crippen LogP contribution in [0.15, 0.2) is 91.4 Å². The van der Waals surface area contributed by atoms with E-state index in [0.29, 0.717) is 5.11 Å². The van der Waals surface area contributed by atoms with Crippen molar-refractivity contribution in [3.05, 3.63) is 103 Å². The minimum Gasteiger partial charge on any atom is -0.454 e. The molecule has 0 unspecified atom stereocenters. The lowest BCUT2D eigenvalue weighted by atomic mass is 9.98. The van der Waals surface area contributed by atoms with Gasteiger partial charge in [0, 0.05) is 36.0 Å². The third kappa shape index (κ3) is 3.18. The van der Waals surface area contributed by atoms with Crippen molar-refractivity contribution < 1.29 is 9.47 Å². The van der Waals surface area contributed by atoms with Gasteiger partial charge in [0.05, 0.1) is 17.8 Å². The number of anilines is 1. The number of benzene rings is 2. The Bertz CT molecular complexity index is 1280. The van der Waals surface area contributed by atoms with Crippen LogP contribution in [-0.2, 0) is 0 Å². The van der Waals surface area contributed by atoms with E-state index in [4.69, 9.17) is 21.7 Å². The molecular formula is C25H20N4O2S. The SMILES string of the molecule is S=C1N[C@H](c2ccccn2)[C@@H](c2ccn(-c3ccccc3)c2)N1c1ccc2c(c1)OCO2. The van der Waals surface area contributed by atoms with Gasteiger partial charge in [-0.1, -0.05) is 24.3 Å². The van der Waals surface area contributed by atoms with Gasteiger partial charge in [-0.2, -0.15) is 0 Å². The minimum atomic E-state index is -0.0965. The molecule has 6 rings (SSSR count). The standard InChI is InChI=1S/C25H20N4O2S/c32-25-27-23(20-8-4-5-12-26-20)24(17-11-13-28(15-17)18-6-2-1-3-7-18)29(25)19-9-10-21-22(14-19)31-16-30-21/h1-15,23-24H,16H2,(H,27,32)/t23-,24-/m1/s1. The molecule has 0 spiro atoms. The van der Waals surface area contributed by atoms with Crippen molar-refractivity contribution in [2.45, 2.75) is 12.1 Å². The van der Waals surface area contributed by atoms with Crippen molar-refractivity contribution >= 4 is 23.0 Å². The Kier molecular flexibility index (Phi) is 4.54. The summed E-state index contributed by atoms with van der Waals surface area (Å²) in [4.78, 5) is 6.76. The molecule has 6 nitrogen and oxygen atoms in total. The van der Waals surface area contributed by atoms with Crippen LogP contribution in [0.4, 0.5) is 5.69 Å². The Morgan fingerprint density at radius 1 is 0.906 bits per heavy atom. The Morgan fingerprint density at radius 2 is 1.75 bits per heavy atom.